The van der Waals surface area contributed by atoms with Crippen LogP contribution in [-0.4, -0.2) is 26.8 Å². The summed E-state index contributed by atoms with van der Waals surface area (Å²) in [5.41, 5.74) is 3.77. The van der Waals surface area contributed by atoms with Gasteiger partial charge in [-0.1, -0.05) is 0 Å². The first-order chi connectivity index (χ1) is 11.9. The SMILES string of the molecule is Cc1cc(C)n(CCNC(=O)c2c(C)cc(C)n(CC3CC3)c2=O)n1. The lowest BCUT2D eigenvalue weighted by molar-refractivity contribution is 0.0949. The predicted molar refractivity (Wildman–Crippen MR) is 96.9 cm³/mol. The number of aryl methyl sites for hydroxylation is 4. The van der Waals surface area contributed by atoms with Crippen LogP contribution in [0, 0.1) is 33.6 Å². The van der Waals surface area contributed by atoms with Crippen molar-refractivity contribution in [2.24, 2.45) is 5.92 Å². The molecule has 1 fully saturated rings. The number of pyridine rings is 1. The standard InChI is InChI=1S/C19H26N4O2/c1-12-9-14(3)22(11-16-5-6-16)19(25)17(12)18(24)20-7-8-23-15(4)10-13(2)21-23/h9-10,16H,5-8,11H2,1-4H3,(H,20,24). The number of amides is 1. The van der Waals surface area contributed by atoms with E-state index >= 15 is 0 Å². The molecule has 0 spiro atoms. The number of hydrogen-bond donors (Lipinski definition) is 1. The van der Waals surface area contributed by atoms with Crippen molar-refractivity contribution in [3.05, 3.63) is 50.7 Å². The van der Waals surface area contributed by atoms with Crippen molar-refractivity contribution in [2.75, 3.05) is 6.54 Å². The maximum Gasteiger partial charge on any atom is 0.263 e. The van der Waals surface area contributed by atoms with Crippen LogP contribution in [0.25, 0.3) is 0 Å². The van der Waals surface area contributed by atoms with Gasteiger partial charge < -0.3 is 9.88 Å². The van der Waals surface area contributed by atoms with Gasteiger partial charge in [0.2, 0.25) is 0 Å². The maximum absolute atomic E-state index is 12.8. The van der Waals surface area contributed by atoms with E-state index in [9.17, 15) is 9.59 Å². The van der Waals surface area contributed by atoms with Gasteiger partial charge in [-0.2, -0.15) is 5.10 Å². The molecule has 6 nitrogen and oxygen atoms in total. The number of carbonyl (C=O) groups excluding carboxylic acids is 1. The Morgan fingerprint density at radius 1 is 1.20 bits per heavy atom. The van der Waals surface area contributed by atoms with E-state index in [1.807, 2.05) is 44.5 Å². The van der Waals surface area contributed by atoms with E-state index in [0.717, 1.165) is 29.2 Å². The van der Waals surface area contributed by atoms with E-state index in [1.165, 1.54) is 12.8 Å². The quantitative estimate of drug-likeness (QED) is 0.874. The number of nitrogens with zero attached hydrogens (tertiary/aromatic N) is 3. The Morgan fingerprint density at radius 3 is 2.52 bits per heavy atom. The summed E-state index contributed by atoms with van der Waals surface area (Å²) in [5.74, 6) is 0.287. The molecule has 0 bridgehead atoms. The normalized spacial score (nSPS) is 13.9. The average Bonchev–Trinajstić information content (AvgIpc) is 3.28. The van der Waals surface area contributed by atoms with Crippen LogP contribution in [0.15, 0.2) is 16.9 Å². The zero-order valence-corrected chi connectivity index (χ0v) is 15.4. The lowest BCUT2D eigenvalue weighted by atomic mass is 10.1. The van der Waals surface area contributed by atoms with Gasteiger partial charge >= 0.3 is 0 Å². The first kappa shape index (κ1) is 17.5. The van der Waals surface area contributed by atoms with Crippen molar-refractivity contribution in [3.8, 4) is 0 Å². The van der Waals surface area contributed by atoms with E-state index in [1.54, 1.807) is 4.57 Å². The van der Waals surface area contributed by atoms with Crippen LogP contribution in [-0.2, 0) is 13.1 Å². The molecular formula is C19H26N4O2. The molecule has 3 rings (SSSR count). The number of carbonyl (C=O) groups is 1. The van der Waals surface area contributed by atoms with Gasteiger partial charge in [0.25, 0.3) is 11.5 Å². The van der Waals surface area contributed by atoms with Crippen molar-refractivity contribution >= 4 is 5.91 Å². The van der Waals surface area contributed by atoms with E-state index < -0.39 is 0 Å². The molecule has 25 heavy (non-hydrogen) atoms. The van der Waals surface area contributed by atoms with Crippen molar-refractivity contribution < 1.29 is 4.79 Å². The highest BCUT2D eigenvalue weighted by Gasteiger charge is 2.25. The van der Waals surface area contributed by atoms with Crippen LogP contribution in [0.5, 0.6) is 0 Å². The Hall–Kier alpha value is -2.37. The van der Waals surface area contributed by atoms with Gasteiger partial charge in [-0.15, -0.1) is 0 Å². The Labute approximate surface area is 147 Å². The van der Waals surface area contributed by atoms with Crippen LogP contribution >= 0.6 is 0 Å². The van der Waals surface area contributed by atoms with Crippen molar-refractivity contribution in [1.29, 1.82) is 0 Å². The van der Waals surface area contributed by atoms with Crippen LogP contribution in [0.1, 0.15) is 45.8 Å². The van der Waals surface area contributed by atoms with Gasteiger partial charge in [0.15, 0.2) is 0 Å². The summed E-state index contributed by atoms with van der Waals surface area (Å²) in [7, 11) is 0. The van der Waals surface area contributed by atoms with Gasteiger partial charge in [0.05, 0.1) is 12.2 Å². The molecule has 0 aliphatic heterocycles. The fraction of sp³-hybridized carbons (Fsp3) is 0.526. The van der Waals surface area contributed by atoms with Crippen LogP contribution < -0.4 is 10.9 Å². The molecule has 1 N–H and O–H groups in total. The zero-order chi connectivity index (χ0) is 18.1. The van der Waals surface area contributed by atoms with Gasteiger partial charge in [0.1, 0.15) is 5.56 Å². The molecule has 0 atom stereocenters. The Kier molecular flexibility index (Phi) is 4.79. The lowest BCUT2D eigenvalue weighted by Crippen LogP contribution is -2.36. The van der Waals surface area contributed by atoms with Crippen LogP contribution in [0.3, 0.4) is 0 Å². The minimum Gasteiger partial charge on any atom is -0.350 e. The van der Waals surface area contributed by atoms with Crippen LogP contribution in [0.2, 0.25) is 0 Å². The van der Waals surface area contributed by atoms with Crippen molar-refractivity contribution in [3.63, 3.8) is 0 Å². The molecule has 1 amide bonds. The largest absolute Gasteiger partial charge is 0.350 e. The number of rotatable bonds is 6. The molecule has 2 heterocycles. The zero-order valence-electron chi connectivity index (χ0n) is 15.4. The smallest absolute Gasteiger partial charge is 0.263 e. The van der Waals surface area contributed by atoms with Gasteiger partial charge in [-0.05, 0) is 64.2 Å². The predicted octanol–water partition coefficient (Wildman–Crippen LogP) is 2.12. The second-order valence-electron chi connectivity index (χ2n) is 7.11. The third-order valence-corrected chi connectivity index (χ3v) is 4.78. The summed E-state index contributed by atoms with van der Waals surface area (Å²) >= 11 is 0. The van der Waals surface area contributed by atoms with Crippen LogP contribution in [0.4, 0.5) is 0 Å². The first-order valence-electron chi connectivity index (χ1n) is 8.87. The summed E-state index contributed by atoms with van der Waals surface area (Å²) in [6.45, 7) is 9.44. The Bertz CT molecular complexity index is 859. The minimum atomic E-state index is -0.298. The fourth-order valence-corrected chi connectivity index (χ4v) is 3.25. The molecule has 6 heteroatoms. The third kappa shape index (κ3) is 3.83. The van der Waals surface area contributed by atoms with Crippen molar-refractivity contribution in [1.82, 2.24) is 19.7 Å². The summed E-state index contributed by atoms with van der Waals surface area (Å²) in [4.78, 5) is 25.4. The van der Waals surface area contributed by atoms with E-state index in [4.69, 9.17) is 0 Å². The van der Waals surface area contributed by atoms with E-state index in [-0.39, 0.29) is 17.0 Å². The summed E-state index contributed by atoms with van der Waals surface area (Å²) in [6, 6.07) is 3.93. The third-order valence-electron chi connectivity index (χ3n) is 4.78. The molecule has 0 radical (unpaired) electrons. The van der Waals surface area contributed by atoms with E-state index in [0.29, 0.717) is 19.0 Å². The fourth-order valence-electron chi connectivity index (χ4n) is 3.25. The molecule has 1 aliphatic rings. The molecule has 134 valence electrons. The molecular weight excluding hydrogens is 316 g/mol. The summed E-state index contributed by atoms with van der Waals surface area (Å²) in [6.07, 6.45) is 2.34. The van der Waals surface area contributed by atoms with Gasteiger partial charge in [-0.25, -0.2) is 0 Å². The first-order valence-corrected chi connectivity index (χ1v) is 8.87. The lowest BCUT2D eigenvalue weighted by Gasteiger charge is -2.14. The highest BCUT2D eigenvalue weighted by molar-refractivity contribution is 5.95. The van der Waals surface area contributed by atoms with Gasteiger partial charge in [0, 0.05) is 24.5 Å². The Morgan fingerprint density at radius 2 is 1.92 bits per heavy atom. The average molecular weight is 342 g/mol. The number of hydrogen-bond acceptors (Lipinski definition) is 3. The molecule has 1 aliphatic carbocycles. The monoisotopic (exact) mass is 342 g/mol. The highest BCUT2D eigenvalue weighted by Crippen LogP contribution is 2.30. The molecule has 2 aromatic rings. The van der Waals surface area contributed by atoms with E-state index in [2.05, 4.69) is 10.4 Å². The summed E-state index contributed by atoms with van der Waals surface area (Å²) in [5, 5.41) is 7.25. The maximum atomic E-state index is 12.8. The molecule has 0 unspecified atom stereocenters. The topological polar surface area (TPSA) is 68.9 Å². The van der Waals surface area contributed by atoms with Gasteiger partial charge in [-0.3, -0.25) is 14.3 Å². The number of aromatic nitrogens is 3. The second kappa shape index (κ2) is 6.86. The molecule has 0 aromatic carbocycles. The highest BCUT2D eigenvalue weighted by atomic mass is 16.2. The summed E-state index contributed by atoms with van der Waals surface area (Å²) < 4.78 is 3.61. The second-order valence-corrected chi connectivity index (χ2v) is 7.11. The molecule has 1 saturated carbocycles. The molecule has 0 saturated heterocycles. The Balaban J connectivity index is 1.72. The van der Waals surface area contributed by atoms with Crippen molar-refractivity contribution in [2.45, 2.75) is 53.6 Å². The number of nitrogens with one attached hydrogen (secondary N) is 1. The molecule has 2 aromatic heterocycles. The minimum absolute atomic E-state index is 0.173.